The number of hydrogen-bond acceptors (Lipinski definition) is 4. The van der Waals surface area contributed by atoms with Crippen LogP contribution in [-0.2, 0) is 0 Å². The summed E-state index contributed by atoms with van der Waals surface area (Å²) in [7, 11) is 0. The van der Waals surface area contributed by atoms with Gasteiger partial charge in [0.15, 0.2) is 0 Å². The zero-order valence-electron chi connectivity index (χ0n) is 16.9. The van der Waals surface area contributed by atoms with E-state index in [2.05, 4.69) is 29.0 Å². The molecule has 6 nitrogen and oxygen atoms in total. The molecule has 1 aliphatic rings. The second kappa shape index (κ2) is 9.49. The molecular formula is C22H27FN4O2. The Morgan fingerprint density at radius 1 is 1.10 bits per heavy atom. The van der Waals surface area contributed by atoms with Crippen molar-refractivity contribution in [1.29, 1.82) is 0 Å². The summed E-state index contributed by atoms with van der Waals surface area (Å²) < 4.78 is 13.1. The molecule has 29 heavy (non-hydrogen) atoms. The number of hydrogen-bond donors (Lipinski definition) is 1. The van der Waals surface area contributed by atoms with Crippen molar-refractivity contribution in [3.8, 4) is 0 Å². The minimum absolute atomic E-state index is 0.109. The SMILES string of the molecule is CC(C)CCNC(=O)c1cc(C(=O)N2CCN(c3ccc(F)cc3)CC2)ccn1. The fraction of sp³-hybridized carbons (Fsp3) is 0.409. The number of pyridine rings is 1. The monoisotopic (exact) mass is 398 g/mol. The molecule has 0 radical (unpaired) electrons. The van der Waals surface area contributed by atoms with Gasteiger partial charge in [0.1, 0.15) is 11.5 Å². The van der Waals surface area contributed by atoms with Crippen LogP contribution in [0.25, 0.3) is 0 Å². The highest BCUT2D eigenvalue weighted by molar-refractivity contribution is 5.98. The lowest BCUT2D eigenvalue weighted by atomic mass is 10.1. The minimum Gasteiger partial charge on any atom is -0.368 e. The van der Waals surface area contributed by atoms with E-state index in [9.17, 15) is 14.0 Å². The Kier molecular flexibility index (Phi) is 6.80. The van der Waals surface area contributed by atoms with Gasteiger partial charge in [-0.05, 0) is 48.7 Å². The highest BCUT2D eigenvalue weighted by atomic mass is 19.1. The van der Waals surface area contributed by atoms with Gasteiger partial charge in [-0.2, -0.15) is 0 Å². The average molecular weight is 398 g/mol. The predicted octanol–water partition coefficient (Wildman–Crippen LogP) is 2.96. The lowest BCUT2D eigenvalue weighted by molar-refractivity contribution is 0.0746. The number of piperazine rings is 1. The number of halogens is 1. The maximum Gasteiger partial charge on any atom is 0.269 e. The van der Waals surface area contributed by atoms with Crippen LogP contribution in [0.1, 0.15) is 41.1 Å². The van der Waals surface area contributed by atoms with E-state index in [-0.39, 0.29) is 23.3 Å². The summed E-state index contributed by atoms with van der Waals surface area (Å²) in [5.74, 6) is -0.127. The molecule has 1 fully saturated rings. The van der Waals surface area contributed by atoms with E-state index < -0.39 is 0 Å². The second-order valence-corrected chi connectivity index (χ2v) is 7.62. The summed E-state index contributed by atoms with van der Waals surface area (Å²) in [5.41, 5.74) is 1.66. The molecule has 1 aromatic carbocycles. The van der Waals surface area contributed by atoms with Gasteiger partial charge < -0.3 is 15.1 Å². The minimum atomic E-state index is -0.263. The zero-order valence-corrected chi connectivity index (χ0v) is 16.9. The van der Waals surface area contributed by atoms with E-state index in [1.54, 1.807) is 29.2 Å². The molecule has 3 rings (SSSR count). The van der Waals surface area contributed by atoms with Crippen LogP contribution in [0.2, 0.25) is 0 Å². The van der Waals surface area contributed by atoms with Crippen LogP contribution in [0.15, 0.2) is 42.6 Å². The molecule has 0 aliphatic carbocycles. The van der Waals surface area contributed by atoms with Gasteiger partial charge in [0.05, 0.1) is 0 Å². The Morgan fingerprint density at radius 3 is 2.45 bits per heavy atom. The Morgan fingerprint density at radius 2 is 1.79 bits per heavy atom. The number of rotatable bonds is 6. The van der Waals surface area contributed by atoms with Crippen molar-refractivity contribution in [1.82, 2.24) is 15.2 Å². The predicted molar refractivity (Wildman–Crippen MR) is 111 cm³/mol. The highest BCUT2D eigenvalue weighted by Crippen LogP contribution is 2.18. The number of carbonyl (C=O) groups is 2. The molecule has 0 spiro atoms. The summed E-state index contributed by atoms with van der Waals surface area (Å²) in [5, 5.41) is 2.84. The van der Waals surface area contributed by atoms with Gasteiger partial charge in [0, 0.05) is 50.2 Å². The van der Waals surface area contributed by atoms with Crippen molar-refractivity contribution < 1.29 is 14.0 Å². The molecule has 2 amide bonds. The number of benzene rings is 1. The lowest BCUT2D eigenvalue weighted by Crippen LogP contribution is -2.48. The second-order valence-electron chi connectivity index (χ2n) is 7.62. The highest BCUT2D eigenvalue weighted by Gasteiger charge is 2.23. The van der Waals surface area contributed by atoms with Crippen LogP contribution >= 0.6 is 0 Å². The van der Waals surface area contributed by atoms with Crippen molar-refractivity contribution in [3.05, 3.63) is 59.7 Å². The van der Waals surface area contributed by atoms with Gasteiger partial charge in [-0.3, -0.25) is 14.6 Å². The third-order valence-corrected chi connectivity index (χ3v) is 5.01. The fourth-order valence-electron chi connectivity index (χ4n) is 3.25. The van der Waals surface area contributed by atoms with Crippen LogP contribution in [0, 0.1) is 11.7 Å². The van der Waals surface area contributed by atoms with Gasteiger partial charge in [-0.15, -0.1) is 0 Å². The maximum absolute atomic E-state index is 13.1. The quantitative estimate of drug-likeness (QED) is 0.813. The molecule has 0 unspecified atom stereocenters. The van der Waals surface area contributed by atoms with Crippen LogP contribution in [-0.4, -0.2) is 54.4 Å². The number of anilines is 1. The maximum atomic E-state index is 13.1. The third-order valence-electron chi connectivity index (χ3n) is 5.01. The van der Waals surface area contributed by atoms with Crippen LogP contribution < -0.4 is 10.2 Å². The summed E-state index contributed by atoms with van der Waals surface area (Å²) in [6.07, 6.45) is 2.39. The first-order chi connectivity index (χ1) is 13.9. The van der Waals surface area contributed by atoms with Crippen LogP contribution in [0.4, 0.5) is 10.1 Å². The summed E-state index contributed by atoms with van der Waals surface area (Å²) in [6.45, 7) is 7.25. The number of nitrogens with zero attached hydrogens (tertiary/aromatic N) is 3. The first-order valence-electron chi connectivity index (χ1n) is 9.98. The number of nitrogens with one attached hydrogen (secondary N) is 1. The van der Waals surface area contributed by atoms with E-state index in [1.165, 1.54) is 18.3 Å². The van der Waals surface area contributed by atoms with Crippen molar-refractivity contribution >= 4 is 17.5 Å². The summed E-state index contributed by atoms with van der Waals surface area (Å²) in [4.78, 5) is 33.1. The van der Waals surface area contributed by atoms with E-state index in [1.807, 2.05) is 0 Å². The van der Waals surface area contributed by atoms with Crippen LogP contribution in [0.5, 0.6) is 0 Å². The normalized spacial score (nSPS) is 14.2. The fourth-order valence-corrected chi connectivity index (χ4v) is 3.25. The first-order valence-corrected chi connectivity index (χ1v) is 9.98. The topological polar surface area (TPSA) is 65.5 Å². The molecule has 1 N–H and O–H groups in total. The Hall–Kier alpha value is -2.96. The molecule has 1 saturated heterocycles. The number of amides is 2. The molecule has 2 heterocycles. The molecule has 2 aromatic rings. The molecule has 0 bridgehead atoms. The van der Waals surface area contributed by atoms with E-state index in [4.69, 9.17) is 0 Å². The molecule has 1 aliphatic heterocycles. The largest absolute Gasteiger partial charge is 0.368 e. The van der Waals surface area contributed by atoms with Gasteiger partial charge >= 0.3 is 0 Å². The smallest absolute Gasteiger partial charge is 0.269 e. The van der Waals surface area contributed by atoms with E-state index in [0.717, 1.165) is 12.1 Å². The Labute approximate surface area is 170 Å². The number of aromatic nitrogens is 1. The van der Waals surface area contributed by atoms with Crippen molar-refractivity contribution in [2.45, 2.75) is 20.3 Å². The number of carbonyl (C=O) groups excluding carboxylic acids is 2. The molecule has 7 heteroatoms. The average Bonchev–Trinajstić information content (AvgIpc) is 2.73. The van der Waals surface area contributed by atoms with E-state index in [0.29, 0.717) is 44.2 Å². The summed E-state index contributed by atoms with van der Waals surface area (Å²) in [6, 6.07) is 9.58. The van der Waals surface area contributed by atoms with E-state index >= 15 is 0 Å². The van der Waals surface area contributed by atoms with Crippen LogP contribution in [0.3, 0.4) is 0 Å². The third kappa shape index (κ3) is 5.53. The molecule has 154 valence electrons. The van der Waals surface area contributed by atoms with Gasteiger partial charge in [-0.25, -0.2) is 4.39 Å². The van der Waals surface area contributed by atoms with Crippen molar-refractivity contribution in [2.24, 2.45) is 5.92 Å². The first kappa shape index (κ1) is 20.8. The zero-order chi connectivity index (χ0) is 20.8. The lowest BCUT2D eigenvalue weighted by Gasteiger charge is -2.36. The molecule has 1 aromatic heterocycles. The standard InChI is InChI=1S/C22H27FN4O2/c1-16(2)7-9-25-21(28)20-15-17(8-10-24-20)22(29)27-13-11-26(12-14-27)19-5-3-18(23)4-6-19/h3-6,8,10,15-16H,7,9,11-14H2,1-2H3,(H,25,28). The van der Waals surface area contributed by atoms with Gasteiger partial charge in [0.2, 0.25) is 0 Å². The molecule has 0 atom stereocenters. The van der Waals surface area contributed by atoms with Crippen molar-refractivity contribution in [2.75, 3.05) is 37.6 Å². The van der Waals surface area contributed by atoms with Gasteiger partial charge in [0.25, 0.3) is 11.8 Å². The molecule has 0 saturated carbocycles. The summed E-state index contributed by atoms with van der Waals surface area (Å²) >= 11 is 0. The Balaban J connectivity index is 1.58. The van der Waals surface area contributed by atoms with Gasteiger partial charge in [-0.1, -0.05) is 13.8 Å². The Bertz CT molecular complexity index is 846. The van der Waals surface area contributed by atoms with Crippen molar-refractivity contribution in [3.63, 3.8) is 0 Å². The molecular weight excluding hydrogens is 371 g/mol.